The van der Waals surface area contributed by atoms with Gasteiger partial charge in [-0.15, -0.1) is 11.3 Å². The number of anilines is 1. The van der Waals surface area contributed by atoms with Gasteiger partial charge < -0.3 is 5.73 Å². The molecular weight excluding hydrogens is 242 g/mol. The Hall–Kier alpha value is -2.20. The van der Waals surface area contributed by atoms with E-state index in [0.717, 1.165) is 27.6 Å². The zero-order chi connectivity index (χ0) is 12.4. The predicted molar refractivity (Wildman–Crippen MR) is 75.2 cm³/mol. The molecule has 0 bridgehead atoms. The monoisotopic (exact) mass is 253 g/mol. The molecule has 0 spiro atoms. The molecule has 0 radical (unpaired) electrons. The number of hydrogen-bond acceptors (Lipinski definition) is 4. The van der Waals surface area contributed by atoms with E-state index in [2.05, 4.69) is 9.97 Å². The van der Waals surface area contributed by atoms with Crippen LogP contribution in [0.5, 0.6) is 0 Å². The number of rotatable bonds is 2. The minimum Gasteiger partial charge on any atom is -0.399 e. The lowest BCUT2D eigenvalue weighted by atomic mass is 10.2. The molecule has 18 heavy (non-hydrogen) atoms. The van der Waals surface area contributed by atoms with Gasteiger partial charge in [-0.1, -0.05) is 18.2 Å². The second kappa shape index (κ2) is 4.58. The zero-order valence-corrected chi connectivity index (χ0v) is 10.4. The molecule has 0 atom stereocenters. The van der Waals surface area contributed by atoms with Crippen LogP contribution >= 0.6 is 11.3 Å². The maximum Gasteiger partial charge on any atom is 0.124 e. The lowest BCUT2D eigenvalue weighted by Gasteiger charge is -1.97. The van der Waals surface area contributed by atoms with Gasteiger partial charge in [0.1, 0.15) is 10.7 Å². The molecule has 1 aromatic carbocycles. The fourth-order valence-corrected chi connectivity index (χ4v) is 2.52. The van der Waals surface area contributed by atoms with Gasteiger partial charge in [0.25, 0.3) is 0 Å². The molecular formula is C14H11N3S. The molecule has 2 heterocycles. The lowest BCUT2D eigenvalue weighted by molar-refractivity contribution is 1.28. The Labute approximate surface area is 109 Å². The molecule has 88 valence electrons. The van der Waals surface area contributed by atoms with Gasteiger partial charge in [-0.2, -0.15) is 0 Å². The summed E-state index contributed by atoms with van der Waals surface area (Å²) in [5.41, 5.74) is 9.37. The summed E-state index contributed by atoms with van der Waals surface area (Å²) in [5.74, 6) is 0. The van der Waals surface area contributed by atoms with Crippen LogP contribution in [0.2, 0.25) is 0 Å². The van der Waals surface area contributed by atoms with Crippen LogP contribution in [0.25, 0.3) is 22.0 Å². The summed E-state index contributed by atoms with van der Waals surface area (Å²) in [6.45, 7) is 0. The van der Waals surface area contributed by atoms with Gasteiger partial charge in [0.2, 0.25) is 0 Å². The van der Waals surface area contributed by atoms with E-state index in [1.165, 1.54) is 0 Å². The van der Waals surface area contributed by atoms with E-state index in [1.54, 1.807) is 17.5 Å². The maximum atomic E-state index is 5.78. The Kier molecular flexibility index (Phi) is 2.78. The van der Waals surface area contributed by atoms with E-state index in [9.17, 15) is 0 Å². The molecule has 0 fully saturated rings. The summed E-state index contributed by atoms with van der Waals surface area (Å²) >= 11 is 1.60. The lowest BCUT2D eigenvalue weighted by Crippen LogP contribution is -1.85. The van der Waals surface area contributed by atoms with Crippen LogP contribution in [-0.4, -0.2) is 9.97 Å². The van der Waals surface area contributed by atoms with Crippen molar-refractivity contribution in [3.63, 3.8) is 0 Å². The molecule has 0 saturated carbocycles. The van der Waals surface area contributed by atoms with Crippen molar-refractivity contribution < 1.29 is 0 Å². The normalized spacial score (nSPS) is 10.4. The van der Waals surface area contributed by atoms with Crippen molar-refractivity contribution in [2.75, 3.05) is 5.73 Å². The maximum absolute atomic E-state index is 5.78. The second-order valence-corrected chi connectivity index (χ2v) is 4.74. The topological polar surface area (TPSA) is 51.8 Å². The van der Waals surface area contributed by atoms with Gasteiger partial charge in [-0.25, -0.2) is 4.98 Å². The molecule has 0 aliphatic heterocycles. The molecule has 2 aromatic heterocycles. The zero-order valence-electron chi connectivity index (χ0n) is 9.58. The SMILES string of the molecule is Nc1cccc(-c2nc(-c3ccccn3)cs2)c1. The minimum atomic E-state index is 0.752. The van der Waals surface area contributed by atoms with E-state index in [-0.39, 0.29) is 0 Å². The highest BCUT2D eigenvalue weighted by Gasteiger charge is 2.07. The molecule has 3 nitrogen and oxygen atoms in total. The van der Waals surface area contributed by atoms with E-state index in [1.807, 2.05) is 47.8 Å². The first-order valence-electron chi connectivity index (χ1n) is 5.56. The quantitative estimate of drug-likeness (QED) is 0.712. The summed E-state index contributed by atoms with van der Waals surface area (Å²) in [5, 5.41) is 2.98. The van der Waals surface area contributed by atoms with Crippen LogP contribution in [0.1, 0.15) is 0 Å². The molecule has 0 saturated heterocycles. The Morgan fingerprint density at radius 2 is 1.94 bits per heavy atom. The molecule has 0 amide bonds. The molecule has 0 aliphatic rings. The van der Waals surface area contributed by atoms with Crippen molar-refractivity contribution in [2.45, 2.75) is 0 Å². The fraction of sp³-hybridized carbons (Fsp3) is 0. The van der Waals surface area contributed by atoms with Crippen molar-refractivity contribution in [1.29, 1.82) is 0 Å². The largest absolute Gasteiger partial charge is 0.399 e. The van der Waals surface area contributed by atoms with Crippen LogP contribution < -0.4 is 5.73 Å². The fourth-order valence-electron chi connectivity index (χ4n) is 1.71. The highest BCUT2D eigenvalue weighted by Crippen LogP contribution is 2.28. The Morgan fingerprint density at radius 1 is 1.00 bits per heavy atom. The summed E-state index contributed by atoms with van der Waals surface area (Å²) < 4.78 is 0. The summed E-state index contributed by atoms with van der Waals surface area (Å²) in [7, 11) is 0. The first-order valence-corrected chi connectivity index (χ1v) is 6.44. The van der Waals surface area contributed by atoms with Crippen molar-refractivity contribution in [3.8, 4) is 22.0 Å². The van der Waals surface area contributed by atoms with Crippen molar-refractivity contribution >= 4 is 17.0 Å². The van der Waals surface area contributed by atoms with Gasteiger partial charge >= 0.3 is 0 Å². The number of thiazole rings is 1. The standard InChI is InChI=1S/C14H11N3S/c15-11-5-3-4-10(8-11)14-17-13(9-18-14)12-6-1-2-7-16-12/h1-9H,15H2. The summed E-state index contributed by atoms with van der Waals surface area (Å²) in [6, 6.07) is 13.6. The van der Waals surface area contributed by atoms with Crippen molar-refractivity contribution in [1.82, 2.24) is 9.97 Å². The predicted octanol–water partition coefficient (Wildman–Crippen LogP) is 3.45. The first kappa shape index (κ1) is 10.9. The number of nitrogens with zero attached hydrogens (tertiary/aromatic N) is 2. The van der Waals surface area contributed by atoms with Crippen LogP contribution in [0.3, 0.4) is 0 Å². The average Bonchev–Trinajstić information content (AvgIpc) is 2.89. The molecule has 3 aromatic rings. The number of benzene rings is 1. The number of hydrogen-bond donors (Lipinski definition) is 1. The van der Waals surface area contributed by atoms with Gasteiger partial charge in [-0.05, 0) is 24.3 Å². The Bertz CT molecular complexity index is 662. The summed E-state index contributed by atoms with van der Waals surface area (Å²) in [6.07, 6.45) is 1.77. The minimum absolute atomic E-state index is 0.752. The molecule has 4 heteroatoms. The Balaban J connectivity index is 2.00. The highest BCUT2D eigenvalue weighted by molar-refractivity contribution is 7.13. The van der Waals surface area contributed by atoms with Crippen LogP contribution in [-0.2, 0) is 0 Å². The first-order chi connectivity index (χ1) is 8.83. The van der Waals surface area contributed by atoms with Crippen molar-refractivity contribution in [3.05, 3.63) is 54.0 Å². The molecule has 0 aliphatic carbocycles. The number of nitrogens with two attached hydrogens (primary N) is 1. The third kappa shape index (κ3) is 2.10. The highest BCUT2D eigenvalue weighted by atomic mass is 32.1. The van der Waals surface area contributed by atoms with Crippen LogP contribution in [0.4, 0.5) is 5.69 Å². The van der Waals surface area contributed by atoms with Gasteiger partial charge in [0.15, 0.2) is 0 Å². The van der Waals surface area contributed by atoms with E-state index >= 15 is 0 Å². The number of nitrogen functional groups attached to an aromatic ring is 1. The van der Waals surface area contributed by atoms with Crippen molar-refractivity contribution in [2.24, 2.45) is 0 Å². The average molecular weight is 253 g/mol. The van der Waals surface area contributed by atoms with E-state index in [0.29, 0.717) is 0 Å². The van der Waals surface area contributed by atoms with E-state index < -0.39 is 0 Å². The number of pyridine rings is 1. The summed E-state index contributed by atoms with van der Waals surface area (Å²) in [4.78, 5) is 8.89. The van der Waals surface area contributed by atoms with Gasteiger partial charge in [-0.3, -0.25) is 4.98 Å². The third-order valence-electron chi connectivity index (χ3n) is 2.57. The molecule has 0 unspecified atom stereocenters. The Morgan fingerprint density at radius 3 is 2.72 bits per heavy atom. The van der Waals surface area contributed by atoms with E-state index in [4.69, 9.17) is 5.73 Å². The smallest absolute Gasteiger partial charge is 0.124 e. The molecule has 3 rings (SSSR count). The van der Waals surface area contributed by atoms with Crippen LogP contribution in [0, 0.1) is 0 Å². The second-order valence-electron chi connectivity index (χ2n) is 3.88. The molecule has 2 N–H and O–H groups in total. The van der Waals surface area contributed by atoms with Crippen LogP contribution in [0.15, 0.2) is 54.0 Å². The van der Waals surface area contributed by atoms with Gasteiger partial charge in [0.05, 0.1) is 5.69 Å². The van der Waals surface area contributed by atoms with Gasteiger partial charge in [0, 0.05) is 22.8 Å². The number of aromatic nitrogens is 2. The third-order valence-corrected chi connectivity index (χ3v) is 3.46.